The SMILES string of the molecule is O=C(Cc1cccs1)NCc1ccc2c(c1)CCN2C(=O)c1ccc(Cl)cc1. The minimum atomic E-state index is -0.0209. The number of nitrogens with one attached hydrogen (secondary N) is 1. The van der Waals surface area contributed by atoms with Crippen LogP contribution in [0, 0.1) is 0 Å². The Labute approximate surface area is 172 Å². The summed E-state index contributed by atoms with van der Waals surface area (Å²) >= 11 is 7.50. The first-order valence-electron chi connectivity index (χ1n) is 9.08. The van der Waals surface area contributed by atoms with Crippen LogP contribution in [-0.4, -0.2) is 18.4 Å². The Balaban J connectivity index is 1.41. The number of amides is 2. The van der Waals surface area contributed by atoms with Crippen LogP contribution in [0.5, 0.6) is 0 Å². The molecule has 2 aromatic carbocycles. The molecule has 28 heavy (non-hydrogen) atoms. The highest BCUT2D eigenvalue weighted by Crippen LogP contribution is 2.30. The highest BCUT2D eigenvalue weighted by molar-refractivity contribution is 7.10. The molecule has 1 aliphatic heterocycles. The number of thiophene rings is 1. The van der Waals surface area contributed by atoms with Crippen LogP contribution in [0.1, 0.15) is 26.4 Å². The third kappa shape index (κ3) is 4.11. The Kier molecular flexibility index (Phi) is 5.46. The number of carbonyl (C=O) groups is 2. The van der Waals surface area contributed by atoms with Crippen molar-refractivity contribution in [2.75, 3.05) is 11.4 Å². The minimum absolute atomic E-state index is 0.0162. The van der Waals surface area contributed by atoms with E-state index in [0.717, 1.165) is 28.1 Å². The predicted molar refractivity (Wildman–Crippen MR) is 113 cm³/mol. The lowest BCUT2D eigenvalue weighted by Gasteiger charge is -2.18. The maximum absolute atomic E-state index is 12.8. The Morgan fingerprint density at radius 2 is 1.93 bits per heavy atom. The van der Waals surface area contributed by atoms with Gasteiger partial charge in [0.15, 0.2) is 0 Å². The fraction of sp³-hybridized carbons (Fsp3) is 0.182. The monoisotopic (exact) mass is 410 g/mol. The Morgan fingerprint density at radius 3 is 2.68 bits per heavy atom. The van der Waals surface area contributed by atoms with E-state index in [1.165, 1.54) is 0 Å². The number of fused-ring (bicyclic) bond motifs is 1. The average molecular weight is 411 g/mol. The molecular formula is C22H19ClN2O2S. The minimum Gasteiger partial charge on any atom is -0.352 e. The summed E-state index contributed by atoms with van der Waals surface area (Å²) in [5.41, 5.74) is 3.74. The van der Waals surface area contributed by atoms with Crippen LogP contribution in [0.25, 0.3) is 0 Å². The molecular weight excluding hydrogens is 392 g/mol. The van der Waals surface area contributed by atoms with Crippen molar-refractivity contribution < 1.29 is 9.59 Å². The highest BCUT2D eigenvalue weighted by atomic mass is 35.5. The van der Waals surface area contributed by atoms with Gasteiger partial charge in [-0.2, -0.15) is 0 Å². The Morgan fingerprint density at radius 1 is 1.11 bits per heavy atom. The zero-order valence-electron chi connectivity index (χ0n) is 15.2. The molecule has 1 aliphatic rings. The second-order valence-electron chi connectivity index (χ2n) is 6.71. The van der Waals surface area contributed by atoms with E-state index >= 15 is 0 Å². The van der Waals surface area contributed by atoms with Gasteiger partial charge in [-0.3, -0.25) is 9.59 Å². The molecule has 0 radical (unpaired) electrons. The zero-order valence-corrected chi connectivity index (χ0v) is 16.7. The molecule has 142 valence electrons. The van der Waals surface area contributed by atoms with E-state index in [0.29, 0.717) is 30.1 Å². The van der Waals surface area contributed by atoms with Gasteiger partial charge in [0.25, 0.3) is 5.91 Å². The van der Waals surface area contributed by atoms with Crippen LogP contribution in [0.2, 0.25) is 5.02 Å². The number of anilines is 1. The second kappa shape index (κ2) is 8.17. The predicted octanol–water partition coefficient (Wildman–Crippen LogP) is 4.46. The van der Waals surface area contributed by atoms with Crippen molar-refractivity contribution in [3.8, 4) is 0 Å². The van der Waals surface area contributed by atoms with Gasteiger partial charge in [0.05, 0.1) is 6.42 Å². The maximum atomic E-state index is 12.8. The summed E-state index contributed by atoms with van der Waals surface area (Å²) in [5.74, 6) is -0.00471. The number of rotatable bonds is 5. The normalized spacial score (nSPS) is 12.7. The molecule has 6 heteroatoms. The molecule has 0 bridgehead atoms. The summed E-state index contributed by atoms with van der Waals surface area (Å²) in [5, 5.41) is 5.56. The number of hydrogen-bond acceptors (Lipinski definition) is 3. The van der Waals surface area contributed by atoms with E-state index in [-0.39, 0.29) is 11.8 Å². The molecule has 0 unspecified atom stereocenters. The highest BCUT2D eigenvalue weighted by Gasteiger charge is 2.25. The largest absolute Gasteiger partial charge is 0.352 e. The van der Waals surface area contributed by atoms with Gasteiger partial charge in [0.2, 0.25) is 5.91 Å². The number of nitrogens with zero attached hydrogens (tertiary/aromatic N) is 1. The van der Waals surface area contributed by atoms with Gasteiger partial charge in [0.1, 0.15) is 0 Å². The van der Waals surface area contributed by atoms with Gasteiger partial charge >= 0.3 is 0 Å². The summed E-state index contributed by atoms with van der Waals surface area (Å²) in [6.45, 7) is 1.15. The van der Waals surface area contributed by atoms with E-state index in [2.05, 4.69) is 11.4 Å². The fourth-order valence-electron chi connectivity index (χ4n) is 3.36. The summed E-state index contributed by atoms with van der Waals surface area (Å²) in [7, 11) is 0. The molecule has 0 aliphatic carbocycles. The first-order valence-corrected chi connectivity index (χ1v) is 10.3. The van der Waals surface area contributed by atoms with Crippen molar-refractivity contribution >= 4 is 40.4 Å². The molecule has 0 atom stereocenters. The van der Waals surface area contributed by atoms with Crippen LogP contribution in [0.15, 0.2) is 60.0 Å². The van der Waals surface area contributed by atoms with Gasteiger partial charge in [-0.05, 0) is 59.3 Å². The quantitative estimate of drug-likeness (QED) is 0.674. The van der Waals surface area contributed by atoms with Gasteiger partial charge < -0.3 is 10.2 Å². The van der Waals surface area contributed by atoms with E-state index < -0.39 is 0 Å². The van der Waals surface area contributed by atoms with Crippen molar-refractivity contribution in [1.29, 1.82) is 0 Å². The van der Waals surface area contributed by atoms with Gasteiger partial charge in [-0.1, -0.05) is 29.8 Å². The summed E-state index contributed by atoms with van der Waals surface area (Å²) in [6, 6.07) is 16.9. The van der Waals surface area contributed by atoms with Crippen LogP contribution < -0.4 is 10.2 Å². The lowest BCUT2D eigenvalue weighted by atomic mass is 10.1. The molecule has 1 aromatic heterocycles. The van der Waals surface area contributed by atoms with E-state index in [1.54, 1.807) is 40.5 Å². The molecule has 0 saturated heterocycles. The number of carbonyl (C=O) groups excluding carboxylic acids is 2. The van der Waals surface area contributed by atoms with Crippen LogP contribution in [0.4, 0.5) is 5.69 Å². The molecule has 0 saturated carbocycles. The Hall–Kier alpha value is -2.63. The van der Waals surface area contributed by atoms with Crippen molar-refractivity contribution in [2.45, 2.75) is 19.4 Å². The Bertz CT molecular complexity index is 1000. The standard InChI is InChI=1S/C22H19ClN2O2S/c23-18-6-4-16(5-7-18)22(27)25-10-9-17-12-15(3-8-20(17)25)14-24-21(26)13-19-2-1-11-28-19/h1-8,11-12H,9-10,13-14H2,(H,24,26). The van der Waals surface area contributed by atoms with E-state index in [9.17, 15) is 9.59 Å². The van der Waals surface area contributed by atoms with Crippen LogP contribution in [-0.2, 0) is 24.2 Å². The van der Waals surface area contributed by atoms with Crippen molar-refractivity contribution in [3.05, 3.63) is 86.6 Å². The lowest BCUT2D eigenvalue weighted by Crippen LogP contribution is -2.28. The first-order chi connectivity index (χ1) is 13.6. The molecule has 2 heterocycles. The first kappa shape index (κ1) is 18.7. The molecule has 1 N–H and O–H groups in total. The zero-order chi connectivity index (χ0) is 19.5. The lowest BCUT2D eigenvalue weighted by molar-refractivity contribution is -0.120. The van der Waals surface area contributed by atoms with Gasteiger partial charge in [-0.15, -0.1) is 11.3 Å². The molecule has 2 amide bonds. The summed E-state index contributed by atoms with van der Waals surface area (Å²) in [6.07, 6.45) is 1.22. The average Bonchev–Trinajstić information content (AvgIpc) is 3.35. The van der Waals surface area contributed by atoms with Crippen molar-refractivity contribution in [1.82, 2.24) is 5.32 Å². The van der Waals surface area contributed by atoms with Crippen molar-refractivity contribution in [3.63, 3.8) is 0 Å². The molecule has 0 fully saturated rings. The molecule has 4 rings (SSSR count). The molecule has 3 aromatic rings. The van der Waals surface area contributed by atoms with E-state index in [1.807, 2.05) is 29.6 Å². The second-order valence-corrected chi connectivity index (χ2v) is 8.18. The maximum Gasteiger partial charge on any atom is 0.258 e. The fourth-order valence-corrected chi connectivity index (χ4v) is 4.19. The molecule has 0 spiro atoms. The van der Waals surface area contributed by atoms with Crippen molar-refractivity contribution in [2.24, 2.45) is 0 Å². The number of benzene rings is 2. The summed E-state index contributed by atoms with van der Waals surface area (Å²) < 4.78 is 0. The van der Waals surface area contributed by atoms with Crippen LogP contribution >= 0.6 is 22.9 Å². The van der Waals surface area contributed by atoms with Crippen LogP contribution in [0.3, 0.4) is 0 Å². The summed E-state index contributed by atoms with van der Waals surface area (Å²) in [4.78, 5) is 27.7. The topological polar surface area (TPSA) is 49.4 Å². The third-order valence-corrected chi connectivity index (χ3v) is 5.91. The number of halogens is 1. The molecule has 4 nitrogen and oxygen atoms in total. The van der Waals surface area contributed by atoms with E-state index in [4.69, 9.17) is 11.6 Å². The third-order valence-electron chi connectivity index (χ3n) is 4.78. The van der Waals surface area contributed by atoms with Gasteiger partial charge in [-0.25, -0.2) is 0 Å². The smallest absolute Gasteiger partial charge is 0.258 e. The van der Waals surface area contributed by atoms with Gasteiger partial charge in [0, 0.05) is 34.2 Å². The number of hydrogen-bond donors (Lipinski definition) is 1.